The van der Waals surface area contributed by atoms with Crippen LogP contribution < -0.4 is 0 Å². The summed E-state index contributed by atoms with van der Waals surface area (Å²) in [6.07, 6.45) is 0. The van der Waals surface area contributed by atoms with E-state index in [1.54, 1.807) is 0 Å². The summed E-state index contributed by atoms with van der Waals surface area (Å²) in [7, 11) is -8.79. The van der Waals surface area contributed by atoms with Crippen molar-refractivity contribution in [3.63, 3.8) is 0 Å². The second-order valence-electron chi connectivity index (χ2n) is 1.65. The molecule has 11 heavy (non-hydrogen) atoms. The molecule has 0 rings (SSSR count). The summed E-state index contributed by atoms with van der Waals surface area (Å²) in [5.74, 6) is 0. The second kappa shape index (κ2) is 1.95. The van der Waals surface area contributed by atoms with Gasteiger partial charge in [0.2, 0.25) is 5.22 Å². The molecule has 0 amide bonds. The average Bonchev–Trinajstić information content (AvgIpc) is 1.57. The molecule has 0 aromatic heterocycles. The van der Waals surface area contributed by atoms with E-state index in [9.17, 15) is 19.4 Å². The van der Waals surface area contributed by atoms with Crippen molar-refractivity contribution in [3.8, 4) is 0 Å². The SMILES string of the molecule is CO/C(Cl)=C/S(F)(F)(F)(F)F. The van der Waals surface area contributed by atoms with Gasteiger partial charge < -0.3 is 4.74 Å². The quantitative estimate of drug-likeness (QED) is 0.503. The van der Waals surface area contributed by atoms with Crippen LogP contribution in [0.2, 0.25) is 0 Å². The minimum Gasteiger partial charge on any atom is -0.486 e. The number of rotatable bonds is 2. The van der Waals surface area contributed by atoms with E-state index in [-0.39, 0.29) is 0 Å². The number of ether oxygens (including phenoxy) is 1. The van der Waals surface area contributed by atoms with E-state index in [2.05, 4.69) is 16.3 Å². The Morgan fingerprint density at radius 3 is 1.73 bits per heavy atom. The fourth-order valence-corrected chi connectivity index (χ4v) is 1.17. The third-order valence-corrected chi connectivity index (χ3v) is 1.56. The zero-order valence-electron chi connectivity index (χ0n) is 5.16. The average molecular weight is 219 g/mol. The molecule has 0 unspecified atom stereocenters. The molecule has 0 atom stereocenters. The van der Waals surface area contributed by atoms with Gasteiger partial charge in [0, 0.05) is 0 Å². The van der Waals surface area contributed by atoms with Gasteiger partial charge in [-0.25, -0.2) is 0 Å². The first-order valence-electron chi connectivity index (χ1n) is 2.10. The summed E-state index contributed by atoms with van der Waals surface area (Å²) in [6, 6.07) is 0. The Balaban J connectivity index is 4.91. The molecule has 8 heteroatoms. The molecule has 0 aromatic carbocycles. The Morgan fingerprint density at radius 2 is 1.64 bits per heavy atom. The zero-order valence-corrected chi connectivity index (χ0v) is 6.73. The summed E-state index contributed by atoms with van der Waals surface area (Å²) in [4.78, 5) is 0. The Hall–Kier alpha value is -0.170. The van der Waals surface area contributed by atoms with Crippen molar-refractivity contribution in [3.05, 3.63) is 10.6 Å². The van der Waals surface area contributed by atoms with Crippen LogP contribution in [-0.2, 0) is 4.74 Å². The normalized spacial score (nSPS) is 20.5. The highest BCUT2D eigenvalue weighted by atomic mass is 35.5. The minimum atomic E-state index is -9.54. The first-order chi connectivity index (χ1) is 4.43. The molecule has 1 nitrogen and oxygen atoms in total. The van der Waals surface area contributed by atoms with E-state index in [1.165, 1.54) is 0 Å². The summed E-state index contributed by atoms with van der Waals surface area (Å²) in [6.45, 7) is 0. The number of hydrogen-bond donors (Lipinski definition) is 0. The molecule has 0 radical (unpaired) electrons. The molecular formula is C3H4ClF5OS. The smallest absolute Gasteiger partial charge is 0.308 e. The van der Waals surface area contributed by atoms with Crippen LogP contribution in [0, 0.1) is 0 Å². The molecule has 0 N–H and O–H groups in total. The van der Waals surface area contributed by atoms with Crippen LogP contribution in [0.4, 0.5) is 19.4 Å². The van der Waals surface area contributed by atoms with E-state index >= 15 is 0 Å². The molecule has 0 heterocycles. The maximum Gasteiger partial charge on any atom is 0.308 e. The van der Waals surface area contributed by atoms with Crippen LogP contribution in [0.1, 0.15) is 0 Å². The van der Waals surface area contributed by atoms with Gasteiger partial charge in [-0.2, -0.15) is 0 Å². The molecular weight excluding hydrogens is 215 g/mol. The van der Waals surface area contributed by atoms with Gasteiger partial charge in [0.05, 0.1) is 7.11 Å². The molecule has 0 bridgehead atoms. The lowest BCUT2D eigenvalue weighted by Gasteiger charge is -2.36. The standard InChI is InChI=1S/C3H4ClF5OS/c1-10-3(4)2-11(5,6,7,8)9/h2H,1H3/b3-2+. The Morgan fingerprint density at radius 1 is 1.27 bits per heavy atom. The first-order valence-corrected chi connectivity index (χ1v) is 4.49. The van der Waals surface area contributed by atoms with Crippen LogP contribution >= 0.6 is 21.8 Å². The molecule has 0 aliphatic heterocycles. The van der Waals surface area contributed by atoms with E-state index in [4.69, 9.17) is 0 Å². The Bertz CT molecular complexity index is 191. The predicted octanol–water partition coefficient (Wildman–Crippen LogP) is 3.97. The summed E-state index contributed by atoms with van der Waals surface area (Å²) < 4.78 is 60.8. The van der Waals surface area contributed by atoms with E-state index < -0.39 is 20.9 Å². The lowest BCUT2D eigenvalue weighted by molar-refractivity contribution is 0.317. The summed E-state index contributed by atoms with van der Waals surface area (Å²) >= 11 is 4.60. The fourth-order valence-electron chi connectivity index (χ4n) is 0.223. The van der Waals surface area contributed by atoms with Gasteiger partial charge in [0.1, 0.15) is 5.41 Å². The van der Waals surface area contributed by atoms with Crippen molar-refractivity contribution in [1.82, 2.24) is 0 Å². The van der Waals surface area contributed by atoms with Gasteiger partial charge in [-0.1, -0.05) is 19.4 Å². The molecule has 0 aliphatic carbocycles. The van der Waals surface area contributed by atoms with Crippen molar-refractivity contribution in [1.29, 1.82) is 0 Å². The highest BCUT2D eigenvalue weighted by Gasteiger charge is 2.62. The fraction of sp³-hybridized carbons (Fsp3) is 0.333. The molecule has 0 saturated heterocycles. The number of methoxy groups -OCH3 is 1. The first kappa shape index (κ1) is 10.8. The maximum absolute atomic E-state index is 11.4. The van der Waals surface area contributed by atoms with Crippen LogP contribution in [0.25, 0.3) is 0 Å². The van der Waals surface area contributed by atoms with Gasteiger partial charge in [-0.05, 0) is 11.6 Å². The van der Waals surface area contributed by atoms with Crippen LogP contribution in [-0.4, -0.2) is 7.11 Å². The zero-order chi connectivity index (χ0) is 9.40. The van der Waals surface area contributed by atoms with Crippen molar-refractivity contribution in [2.45, 2.75) is 0 Å². The highest BCUT2D eigenvalue weighted by molar-refractivity contribution is 8.48. The summed E-state index contributed by atoms with van der Waals surface area (Å²) in [5.41, 5.74) is 0. The summed E-state index contributed by atoms with van der Waals surface area (Å²) in [5, 5.41) is -2.69. The van der Waals surface area contributed by atoms with E-state index in [1.807, 2.05) is 0 Å². The molecule has 0 saturated carbocycles. The number of halogens is 6. The topological polar surface area (TPSA) is 9.23 Å². The largest absolute Gasteiger partial charge is 0.486 e. The third kappa shape index (κ3) is 7.73. The van der Waals surface area contributed by atoms with E-state index in [0.29, 0.717) is 0 Å². The number of hydrogen-bond acceptors (Lipinski definition) is 1. The van der Waals surface area contributed by atoms with E-state index in [0.717, 1.165) is 7.11 Å². The molecule has 0 aromatic rings. The van der Waals surface area contributed by atoms with Crippen molar-refractivity contribution in [2.24, 2.45) is 0 Å². The van der Waals surface area contributed by atoms with Gasteiger partial charge in [0.15, 0.2) is 0 Å². The van der Waals surface area contributed by atoms with Crippen LogP contribution in [0.3, 0.4) is 0 Å². The Kier molecular flexibility index (Phi) is 1.92. The molecule has 0 fully saturated rings. The van der Waals surface area contributed by atoms with Gasteiger partial charge in [0.25, 0.3) is 0 Å². The third-order valence-electron chi connectivity index (χ3n) is 0.510. The van der Waals surface area contributed by atoms with Crippen LogP contribution in [0.5, 0.6) is 0 Å². The second-order valence-corrected chi connectivity index (χ2v) is 4.32. The monoisotopic (exact) mass is 218 g/mol. The van der Waals surface area contributed by atoms with Gasteiger partial charge in [-0.15, -0.1) is 0 Å². The Labute approximate surface area is 64.5 Å². The van der Waals surface area contributed by atoms with Crippen molar-refractivity contribution < 1.29 is 24.2 Å². The van der Waals surface area contributed by atoms with Crippen molar-refractivity contribution in [2.75, 3.05) is 7.11 Å². The molecule has 70 valence electrons. The maximum atomic E-state index is 11.4. The minimum absolute atomic E-state index is 0.752. The lowest BCUT2D eigenvalue weighted by atomic mass is 11.1. The highest BCUT2D eigenvalue weighted by Crippen LogP contribution is 2.99. The predicted molar refractivity (Wildman–Crippen MR) is 34.1 cm³/mol. The van der Waals surface area contributed by atoms with Crippen molar-refractivity contribution >= 4 is 21.8 Å². The lowest BCUT2D eigenvalue weighted by Crippen LogP contribution is -2.00. The van der Waals surface area contributed by atoms with Gasteiger partial charge >= 0.3 is 10.2 Å². The molecule has 0 spiro atoms. The molecule has 0 aliphatic rings. The van der Waals surface area contributed by atoms with Crippen LogP contribution in [0.15, 0.2) is 10.6 Å². The van der Waals surface area contributed by atoms with Gasteiger partial charge in [-0.3, -0.25) is 0 Å².